The number of hydrogen-bond donors (Lipinski definition) is 0. The van der Waals surface area contributed by atoms with Gasteiger partial charge in [0.05, 0.1) is 0 Å². The van der Waals surface area contributed by atoms with Crippen LogP contribution >= 0.6 is 0 Å². The molecule has 0 bridgehead atoms. The zero-order valence-electron chi connectivity index (χ0n) is 12.4. The van der Waals surface area contributed by atoms with Crippen molar-refractivity contribution >= 4 is 0 Å². The van der Waals surface area contributed by atoms with E-state index in [2.05, 4.69) is 48.3 Å². The Kier molecular flexibility index (Phi) is 6.43. The molecule has 0 aromatic heterocycles. The summed E-state index contributed by atoms with van der Waals surface area (Å²) in [4.78, 5) is 2.73. The van der Waals surface area contributed by atoms with Crippen LogP contribution in [0.25, 0.3) is 0 Å². The fraction of sp³-hybridized carbons (Fsp3) is 0.667. The number of nitrogens with zero attached hydrogens (tertiary/aromatic N) is 1. The zero-order chi connectivity index (χ0) is 13.3. The third-order valence-corrected chi connectivity index (χ3v) is 4.41. The highest BCUT2D eigenvalue weighted by Crippen LogP contribution is 2.31. The van der Waals surface area contributed by atoms with Gasteiger partial charge in [-0.1, -0.05) is 62.6 Å². The minimum absolute atomic E-state index is 0.704. The highest BCUT2D eigenvalue weighted by molar-refractivity contribution is 5.13. The molecule has 0 amide bonds. The highest BCUT2D eigenvalue weighted by atomic mass is 15.2. The fourth-order valence-corrected chi connectivity index (χ4v) is 3.36. The topological polar surface area (TPSA) is 3.24 Å². The second-order valence-corrected chi connectivity index (χ2v) is 5.87. The van der Waals surface area contributed by atoms with Crippen LogP contribution in [0, 0.1) is 0 Å². The Labute approximate surface area is 119 Å². The van der Waals surface area contributed by atoms with Crippen LogP contribution in [0.3, 0.4) is 0 Å². The lowest BCUT2D eigenvalue weighted by Crippen LogP contribution is -2.41. The van der Waals surface area contributed by atoms with Crippen molar-refractivity contribution in [3.05, 3.63) is 36.5 Å². The summed E-state index contributed by atoms with van der Waals surface area (Å²) in [5, 5.41) is 0. The largest absolute Gasteiger partial charge is 0.294 e. The molecule has 2 rings (SSSR count). The van der Waals surface area contributed by atoms with Gasteiger partial charge in [-0.15, -0.1) is 0 Å². The van der Waals surface area contributed by atoms with Crippen LogP contribution in [0.2, 0.25) is 0 Å². The van der Waals surface area contributed by atoms with Crippen molar-refractivity contribution in [2.75, 3.05) is 6.54 Å². The first-order valence-electron chi connectivity index (χ1n) is 8.17. The van der Waals surface area contributed by atoms with E-state index in [4.69, 9.17) is 0 Å². The van der Waals surface area contributed by atoms with Gasteiger partial charge >= 0.3 is 0 Å². The molecular formula is C18H29N. The van der Waals surface area contributed by atoms with E-state index in [1.807, 2.05) is 0 Å². The molecule has 2 aliphatic heterocycles. The SMILES string of the molecule is CCCC/C=C/C=C/C=C\[C@@H]1CCC[C@@H]2CCCN21. The van der Waals surface area contributed by atoms with Crippen molar-refractivity contribution in [2.45, 2.75) is 70.4 Å². The summed E-state index contributed by atoms with van der Waals surface area (Å²) >= 11 is 0. The molecule has 1 heteroatoms. The molecule has 0 aromatic rings. The maximum absolute atomic E-state index is 2.73. The van der Waals surface area contributed by atoms with Gasteiger partial charge < -0.3 is 0 Å². The fourth-order valence-electron chi connectivity index (χ4n) is 3.36. The number of rotatable bonds is 6. The van der Waals surface area contributed by atoms with Crippen molar-refractivity contribution in [1.29, 1.82) is 0 Å². The molecule has 0 spiro atoms. The Morgan fingerprint density at radius 1 is 1.00 bits per heavy atom. The average molecular weight is 259 g/mol. The van der Waals surface area contributed by atoms with Gasteiger partial charge in [0, 0.05) is 12.1 Å². The number of allylic oxidation sites excluding steroid dienone is 5. The van der Waals surface area contributed by atoms with Crippen LogP contribution in [0.15, 0.2) is 36.5 Å². The van der Waals surface area contributed by atoms with Crippen LogP contribution in [-0.4, -0.2) is 23.5 Å². The maximum Gasteiger partial charge on any atom is 0.0284 e. The molecule has 19 heavy (non-hydrogen) atoms. The summed E-state index contributed by atoms with van der Waals surface area (Å²) in [6, 6.07) is 1.59. The lowest BCUT2D eigenvalue weighted by atomic mass is 9.96. The molecule has 106 valence electrons. The van der Waals surface area contributed by atoms with Crippen LogP contribution in [0.1, 0.15) is 58.3 Å². The third-order valence-electron chi connectivity index (χ3n) is 4.41. The molecule has 2 aliphatic rings. The second kappa shape index (κ2) is 8.37. The van der Waals surface area contributed by atoms with Gasteiger partial charge in [0.25, 0.3) is 0 Å². The summed E-state index contributed by atoms with van der Waals surface area (Å²) in [5.74, 6) is 0. The molecule has 0 N–H and O–H groups in total. The first-order valence-corrected chi connectivity index (χ1v) is 8.17. The lowest BCUT2D eigenvalue weighted by Gasteiger charge is -2.36. The molecule has 0 aromatic carbocycles. The number of piperidine rings is 1. The van der Waals surface area contributed by atoms with Crippen molar-refractivity contribution in [3.63, 3.8) is 0 Å². The number of unbranched alkanes of at least 4 members (excludes halogenated alkanes) is 2. The van der Waals surface area contributed by atoms with Crippen LogP contribution in [-0.2, 0) is 0 Å². The third kappa shape index (κ3) is 4.65. The van der Waals surface area contributed by atoms with Crippen LogP contribution in [0.4, 0.5) is 0 Å². The van der Waals surface area contributed by atoms with Gasteiger partial charge in [-0.3, -0.25) is 4.90 Å². The summed E-state index contributed by atoms with van der Waals surface area (Å²) in [5.41, 5.74) is 0. The summed E-state index contributed by atoms with van der Waals surface area (Å²) in [6.07, 6.45) is 24.3. The molecule has 2 saturated heterocycles. The monoisotopic (exact) mass is 259 g/mol. The van der Waals surface area contributed by atoms with Gasteiger partial charge in [0.2, 0.25) is 0 Å². The summed E-state index contributed by atoms with van der Waals surface area (Å²) in [7, 11) is 0. The Bertz CT molecular complexity index is 327. The Morgan fingerprint density at radius 2 is 1.84 bits per heavy atom. The van der Waals surface area contributed by atoms with Gasteiger partial charge in [0.15, 0.2) is 0 Å². The van der Waals surface area contributed by atoms with E-state index in [1.54, 1.807) is 0 Å². The van der Waals surface area contributed by atoms with Gasteiger partial charge in [-0.25, -0.2) is 0 Å². The Balaban J connectivity index is 1.72. The van der Waals surface area contributed by atoms with E-state index >= 15 is 0 Å². The smallest absolute Gasteiger partial charge is 0.0284 e. The normalized spacial score (nSPS) is 28.9. The van der Waals surface area contributed by atoms with E-state index in [-0.39, 0.29) is 0 Å². The number of hydrogen-bond acceptors (Lipinski definition) is 1. The average Bonchev–Trinajstić information content (AvgIpc) is 2.91. The Morgan fingerprint density at radius 3 is 2.74 bits per heavy atom. The molecule has 0 aliphatic carbocycles. The van der Waals surface area contributed by atoms with Crippen LogP contribution < -0.4 is 0 Å². The van der Waals surface area contributed by atoms with Gasteiger partial charge in [-0.2, -0.15) is 0 Å². The van der Waals surface area contributed by atoms with Crippen molar-refractivity contribution in [1.82, 2.24) is 4.90 Å². The van der Waals surface area contributed by atoms with Crippen LogP contribution in [0.5, 0.6) is 0 Å². The molecule has 0 radical (unpaired) electrons. The van der Waals surface area contributed by atoms with Gasteiger partial charge in [-0.05, 0) is 38.6 Å². The Hall–Kier alpha value is -0.820. The van der Waals surface area contributed by atoms with E-state index in [9.17, 15) is 0 Å². The predicted molar refractivity (Wildman–Crippen MR) is 84.3 cm³/mol. The maximum atomic E-state index is 2.73. The van der Waals surface area contributed by atoms with Crippen molar-refractivity contribution in [3.8, 4) is 0 Å². The second-order valence-electron chi connectivity index (χ2n) is 5.87. The molecule has 2 fully saturated rings. The van der Waals surface area contributed by atoms with E-state index in [1.165, 1.54) is 57.9 Å². The standard InChI is InChI=1S/C18H29N/c1-2-3-4-5-6-7-8-9-12-17-13-10-14-18-15-11-16-19(17)18/h5-9,12,17-18H,2-4,10-11,13-16H2,1H3/b6-5+,8-7+,12-9-/t17-,18-/m1/s1. The van der Waals surface area contributed by atoms with E-state index in [0.29, 0.717) is 6.04 Å². The summed E-state index contributed by atoms with van der Waals surface area (Å²) < 4.78 is 0. The van der Waals surface area contributed by atoms with E-state index in [0.717, 1.165) is 6.04 Å². The predicted octanol–water partition coefficient (Wildman–Crippen LogP) is 4.86. The quantitative estimate of drug-likeness (QED) is 0.486. The number of fused-ring (bicyclic) bond motifs is 1. The first-order chi connectivity index (χ1) is 9.42. The van der Waals surface area contributed by atoms with Crippen molar-refractivity contribution in [2.24, 2.45) is 0 Å². The molecular weight excluding hydrogens is 230 g/mol. The molecule has 0 saturated carbocycles. The van der Waals surface area contributed by atoms with Gasteiger partial charge in [0.1, 0.15) is 0 Å². The van der Waals surface area contributed by atoms with E-state index < -0.39 is 0 Å². The highest BCUT2D eigenvalue weighted by Gasteiger charge is 2.32. The molecule has 0 unspecified atom stereocenters. The van der Waals surface area contributed by atoms with Crippen molar-refractivity contribution < 1.29 is 0 Å². The molecule has 1 nitrogen and oxygen atoms in total. The summed E-state index contributed by atoms with van der Waals surface area (Å²) in [6.45, 7) is 3.56. The first kappa shape index (κ1) is 14.6. The minimum Gasteiger partial charge on any atom is -0.294 e. The zero-order valence-corrected chi connectivity index (χ0v) is 12.4. The minimum atomic E-state index is 0.704. The molecule has 2 heterocycles. The lowest BCUT2D eigenvalue weighted by molar-refractivity contribution is 0.153. The molecule has 2 atom stereocenters.